The van der Waals surface area contributed by atoms with Crippen molar-refractivity contribution in [1.29, 1.82) is 0 Å². The molecule has 0 saturated carbocycles. The second-order valence-corrected chi connectivity index (χ2v) is 6.98. The Morgan fingerprint density at radius 2 is 1.78 bits per heavy atom. The predicted octanol–water partition coefficient (Wildman–Crippen LogP) is 5.14. The predicted molar refractivity (Wildman–Crippen MR) is 113 cm³/mol. The van der Waals surface area contributed by atoms with Crippen molar-refractivity contribution in [3.63, 3.8) is 0 Å². The highest BCUT2D eigenvalue weighted by molar-refractivity contribution is 6.10. The van der Waals surface area contributed by atoms with Crippen molar-refractivity contribution < 1.29 is 0 Å². The van der Waals surface area contributed by atoms with E-state index in [4.69, 9.17) is 4.99 Å². The second kappa shape index (κ2) is 6.76. The van der Waals surface area contributed by atoms with Gasteiger partial charge in [0.1, 0.15) is 6.67 Å². The van der Waals surface area contributed by atoms with E-state index in [1.807, 2.05) is 0 Å². The number of fused-ring (bicyclic) bond motifs is 2. The lowest BCUT2D eigenvalue weighted by molar-refractivity contribution is 0.390. The maximum absolute atomic E-state index is 4.80. The molecular formula is C24H21N3. The molecule has 1 aromatic heterocycles. The van der Waals surface area contributed by atoms with E-state index in [-0.39, 0.29) is 0 Å². The van der Waals surface area contributed by atoms with Gasteiger partial charge in [0.15, 0.2) is 0 Å². The van der Waals surface area contributed by atoms with Crippen molar-refractivity contribution in [2.24, 2.45) is 4.99 Å². The van der Waals surface area contributed by atoms with Crippen LogP contribution in [0.25, 0.3) is 21.7 Å². The van der Waals surface area contributed by atoms with Gasteiger partial charge in [-0.05, 0) is 41.0 Å². The average Bonchev–Trinajstić information content (AvgIpc) is 3.15. The number of allylic oxidation sites excluding steroid dienone is 1. The minimum absolute atomic E-state index is 0.709. The van der Waals surface area contributed by atoms with Crippen molar-refractivity contribution >= 4 is 27.4 Å². The maximum Gasteiger partial charge on any atom is 0.110 e. The number of aromatic amines is 1. The monoisotopic (exact) mass is 351 g/mol. The molecule has 1 aliphatic heterocycles. The summed E-state index contributed by atoms with van der Waals surface area (Å²) in [6.07, 6.45) is 7.44. The fraction of sp³-hybridized carbons (Fsp3) is 0.125. The third-order valence-electron chi connectivity index (χ3n) is 5.25. The van der Waals surface area contributed by atoms with E-state index in [0.29, 0.717) is 6.67 Å². The summed E-state index contributed by atoms with van der Waals surface area (Å²) >= 11 is 0. The Balaban J connectivity index is 1.27. The third kappa shape index (κ3) is 3.13. The van der Waals surface area contributed by atoms with Crippen LogP contribution in [0.3, 0.4) is 0 Å². The first kappa shape index (κ1) is 15.9. The number of hydrogen-bond acceptors (Lipinski definition) is 2. The van der Waals surface area contributed by atoms with E-state index in [0.717, 1.165) is 18.7 Å². The maximum atomic E-state index is 4.80. The topological polar surface area (TPSA) is 31.4 Å². The van der Waals surface area contributed by atoms with E-state index in [2.05, 4.69) is 95.1 Å². The first-order valence-electron chi connectivity index (χ1n) is 9.38. The van der Waals surface area contributed by atoms with Gasteiger partial charge in [-0.25, -0.2) is 0 Å². The van der Waals surface area contributed by atoms with Crippen LogP contribution in [0, 0.1) is 0 Å². The summed E-state index contributed by atoms with van der Waals surface area (Å²) in [7, 11) is 0. The molecule has 3 aromatic carbocycles. The van der Waals surface area contributed by atoms with Crippen LogP contribution >= 0.6 is 0 Å². The summed E-state index contributed by atoms with van der Waals surface area (Å²) in [6.45, 7) is 1.67. The molecule has 0 fully saturated rings. The molecule has 5 rings (SSSR count). The smallest absolute Gasteiger partial charge is 0.110 e. The minimum atomic E-state index is 0.709. The van der Waals surface area contributed by atoms with E-state index in [1.54, 1.807) is 0 Å². The number of para-hydroxylation sites is 1. The van der Waals surface area contributed by atoms with Crippen molar-refractivity contribution in [3.05, 3.63) is 96.3 Å². The van der Waals surface area contributed by atoms with E-state index < -0.39 is 0 Å². The van der Waals surface area contributed by atoms with Crippen LogP contribution < -0.4 is 0 Å². The Hall–Kier alpha value is -3.33. The quantitative estimate of drug-likeness (QED) is 0.542. The normalized spacial score (nSPS) is 14.1. The molecule has 0 aliphatic carbocycles. The molecule has 1 N–H and O–H groups in total. The van der Waals surface area contributed by atoms with Gasteiger partial charge in [0.2, 0.25) is 0 Å². The Kier molecular flexibility index (Phi) is 3.98. The summed E-state index contributed by atoms with van der Waals surface area (Å²) in [6, 6.07) is 23.5. The number of nitrogens with one attached hydrogen (secondary N) is 1. The van der Waals surface area contributed by atoms with Gasteiger partial charge in [-0.2, -0.15) is 0 Å². The highest BCUT2D eigenvalue weighted by atomic mass is 15.2. The van der Waals surface area contributed by atoms with Gasteiger partial charge in [-0.1, -0.05) is 54.6 Å². The van der Waals surface area contributed by atoms with E-state index >= 15 is 0 Å². The average molecular weight is 351 g/mol. The van der Waals surface area contributed by atoms with Gasteiger partial charge in [-0.15, -0.1) is 0 Å². The number of nitrogens with zero attached hydrogens (tertiary/aromatic N) is 2. The summed E-state index contributed by atoms with van der Waals surface area (Å²) in [5.74, 6) is 0. The van der Waals surface area contributed by atoms with Gasteiger partial charge in [0, 0.05) is 35.4 Å². The molecule has 132 valence electrons. The van der Waals surface area contributed by atoms with Crippen molar-refractivity contribution in [1.82, 2.24) is 9.88 Å². The molecule has 0 saturated heterocycles. The van der Waals surface area contributed by atoms with Crippen LogP contribution in [0.4, 0.5) is 0 Å². The molecular weight excluding hydrogens is 330 g/mol. The molecule has 2 heterocycles. The zero-order chi connectivity index (χ0) is 18.1. The van der Waals surface area contributed by atoms with Crippen LogP contribution in [-0.4, -0.2) is 28.8 Å². The Labute approximate surface area is 158 Å². The highest BCUT2D eigenvalue weighted by Crippen LogP contribution is 2.20. The molecule has 0 unspecified atom stereocenters. The number of benzene rings is 3. The van der Waals surface area contributed by atoms with Crippen molar-refractivity contribution in [2.75, 3.05) is 13.2 Å². The fourth-order valence-electron chi connectivity index (χ4n) is 3.73. The molecule has 27 heavy (non-hydrogen) atoms. The lowest BCUT2D eigenvalue weighted by Crippen LogP contribution is -2.24. The fourth-order valence-corrected chi connectivity index (χ4v) is 3.73. The van der Waals surface area contributed by atoms with Gasteiger partial charge < -0.3 is 9.88 Å². The van der Waals surface area contributed by atoms with E-state index in [9.17, 15) is 0 Å². The van der Waals surface area contributed by atoms with Gasteiger partial charge in [0.05, 0.1) is 5.71 Å². The lowest BCUT2D eigenvalue weighted by Gasteiger charge is -2.22. The van der Waals surface area contributed by atoms with Crippen LogP contribution in [0.1, 0.15) is 11.1 Å². The summed E-state index contributed by atoms with van der Waals surface area (Å²) in [5, 5.41) is 3.84. The van der Waals surface area contributed by atoms with E-state index in [1.165, 1.54) is 32.8 Å². The van der Waals surface area contributed by atoms with Crippen LogP contribution in [-0.2, 0) is 6.42 Å². The van der Waals surface area contributed by atoms with Crippen molar-refractivity contribution in [3.8, 4) is 0 Å². The number of aliphatic imine (C=N–C) groups is 1. The van der Waals surface area contributed by atoms with Gasteiger partial charge >= 0.3 is 0 Å². The molecule has 0 spiro atoms. The second-order valence-electron chi connectivity index (χ2n) is 6.98. The zero-order valence-corrected chi connectivity index (χ0v) is 15.1. The van der Waals surface area contributed by atoms with Crippen LogP contribution in [0.2, 0.25) is 0 Å². The summed E-state index contributed by atoms with van der Waals surface area (Å²) in [5.41, 5.74) is 4.81. The molecule has 4 aromatic rings. The molecule has 0 amide bonds. The summed E-state index contributed by atoms with van der Waals surface area (Å²) < 4.78 is 0. The lowest BCUT2D eigenvalue weighted by atomic mass is 10.0. The third-order valence-corrected chi connectivity index (χ3v) is 5.25. The number of rotatable bonds is 4. The van der Waals surface area contributed by atoms with Crippen LogP contribution in [0.5, 0.6) is 0 Å². The molecule has 0 atom stereocenters. The van der Waals surface area contributed by atoms with Gasteiger partial charge in [-0.3, -0.25) is 4.99 Å². The number of hydrogen-bond donors (Lipinski definition) is 1. The molecule has 3 nitrogen and oxygen atoms in total. The van der Waals surface area contributed by atoms with Crippen molar-refractivity contribution in [2.45, 2.75) is 6.42 Å². The molecule has 0 radical (unpaired) electrons. The Morgan fingerprint density at radius 3 is 2.67 bits per heavy atom. The molecule has 1 aliphatic rings. The van der Waals surface area contributed by atoms with Gasteiger partial charge in [0.25, 0.3) is 0 Å². The zero-order valence-electron chi connectivity index (χ0n) is 15.1. The molecule has 3 heteroatoms. The minimum Gasteiger partial charge on any atom is -0.361 e. The standard InChI is InChI=1S/C24H21N3/c1-2-6-19-15-20(10-9-18(19)5-1)23-12-14-27(17-26-23)13-11-21-16-25-24-8-4-3-7-22(21)24/h1-10,12,14-16,25H,11,13,17H2. The molecule has 0 bridgehead atoms. The first-order chi connectivity index (χ1) is 13.4. The SMILES string of the molecule is C1=CN(CCc2c[nH]c3ccccc23)CN=C1c1ccc2ccccc2c1. The summed E-state index contributed by atoms with van der Waals surface area (Å²) in [4.78, 5) is 10.4. The highest BCUT2D eigenvalue weighted by Gasteiger charge is 2.10. The first-order valence-corrected chi connectivity index (χ1v) is 9.38. The largest absolute Gasteiger partial charge is 0.361 e. The Morgan fingerprint density at radius 1 is 0.926 bits per heavy atom. The van der Waals surface area contributed by atoms with Crippen LogP contribution in [0.15, 0.2) is 90.2 Å². The number of H-pyrrole nitrogens is 1. The number of aromatic nitrogens is 1. The Bertz CT molecular complexity index is 1170.